The molecule has 0 unspecified atom stereocenters. The third-order valence-corrected chi connectivity index (χ3v) is 3.14. The van der Waals surface area contributed by atoms with Gasteiger partial charge in [0.1, 0.15) is 5.52 Å². The topological polar surface area (TPSA) is 34.6 Å². The number of nitrogens with zero attached hydrogens (tertiary/aromatic N) is 4. The van der Waals surface area contributed by atoms with Crippen LogP contribution in [0.25, 0.3) is 22.3 Å². The van der Waals surface area contributed by atoms with E-state index in [4.69, 9.17) is 0 Å². The van der Waals surface area contributed by atoms with Gasteiger partial charge in [-0.25, -0.2) is 14.1 Å². The Morgan fingerprint density at radius 2 is 1.61 bits per heavy atom. The van der Waals surface area contributed by atoms with Crippen LogP contribution in [0.2, 0.25) is 0 Å². The van der Waals surface area contributed by atoms with E-state index < -0.39 is 0 Å². The van der Waals surface area contributed by atoms with Crippen LogP contribution in [0.4, 0.5) is 0 Å². The fourth-order valence-electron chi connectivity index (χ4n) is 1.96. The number of aryl methyl sites for hydroxylation is 2. The SMILES string of the molecule is CC.Cc1n(C)c2nc3ccccc3nc2[n+]1C. The Kier molecular flexibility index (Phi) is 3.28. The summed E-state index contributed by atoms with van der Waals surface area (Å²) < 4.78 is 4.13. The first kappa shape index (κ1) is 12.5. The minimum Gasteiger partial charge on any atom is -0.245 e. The van der Waals surface area contributed by atoms with Crippen LogP contribution < -0.4 is 4.57 Å². The van der Waals surface area contributed by atoms with Gasteiger partial charge in [-0.2, -0.15) is 0 Å². The van der Waals surface area contributed by atoms with Crippen molar-refractivity contribution < 1.29 is 4.57 Å². The number of hydrogen-bond acceptors (Lipinski definition) is 2. The van der Waals surface area contributed by atoms with E-state index in [9.17, 15) is 0 Å². The summed E-state index contributed by atoms with van der Waals surface area (Å²) in [5.74, 6) is 1.14. The molecular weight excluding hydrogens is 224 g/mol. The molecule has 1 aromatic carbocycles. The lowest BCUT2D eigenvalue weighted by atomic mass is 10.3. The maximum Gasteiger partial charge on any atom is 0.322 e. The normalized spacial score (nSPS) is 10.5. The van der Waals surface area contributed by atoms with E-state index in [2.05, 4.69) is 26.0 Å². The first-order chi connectivity index (χ1) is 8.68. The number of fused-ring (bicyclic) bond motifs is 2. The molecule has 0 amide bonds. The van der Waals surface area contributed by atoms with Crippen molar-refractivity contribution in [3.63, 3.8) is 0 Å². The van der Waals surface area contributed by atoms with Gasteiger partial charge in [0.15, 0.2) is 5.52 Å². The number of aromatic nitrogens is 4. The van der Waals surface area contributed by atoms with E-state index in [1.165, 1.54) is 0 Å². The molecule has 3 rings (SSSR count). The van der Waals surface area contributed by atoms with E-state index in [0.29, 0.717) is 0 Å². The number of imidazole rings is 1. The molecule has 3 aromatic rings. The van der Waals surface area contributed by atoms with Gasteiger partial charge in [-0.1, -0.05) is 31.0 Å². The first-order valence-electron chi connectivity index (χ1n) is 6.26. The number of para-hydroxylation sites is 2. The summed E-state index contributed by atoms with van der Waals surface area (Å²) in [4.78, 5) is 9.28. The third kappa shape index (κ3) is 1.74. The fraction of sp³-hybridized carbons (Fsp3) is 0.357. The van der Waals surface area contributed by atoms with Gasteiger partial charge in [0.2, 0.25) is 5.82 Å². The molecule has 0 aliphatic carbocycles. The first-order valence-corrected chi connectivity index (χ1v) is 6.26. The van der Waals surface area contributed by atoms with Crippen LogP contribution in [0.3, 0.4) is 0 Å². The molecule has 2 heterocycles. The quantitative estimate of drug-likeness (QED) is 0.568. The average Bonchev–Trinajstić information content (AvgIpc) is 2.64. The van der Waals surface area contributed by atoms with Crippen molar-refractivity contribution in [2.24, 2.45) is 14.1 Å². The van der Waals surface area contributed by atoms with Crippen LogP contribution in [0.15, 0.2) is 24.3 Å². The summed E-state index contributed by atoms with van der Waals surface area (Å²) in [6.45, 7) is 6.06. The lowest BCUT2D eigenvalue weighted by Crippen LogP contribution is -2.31. The lowest BCUT2D eigenvalue weighted by molar-refractivity contribution is -0.654. The van der Waals surface area contributed by atoms with Crippen molar-refractivity contribution in [1.29, 1.82) is 0 Å². The summed E-state index contributed by atoms with van der Waals surface area (Å²) in [7, 11) is 4.03. The highest BCUT2D eigenvalue weighted by atomic mass is 15.2. The van der Waals surface area contributed by atoms with Gasteiger partial charge in [0.25, 0.3) is 5.65 Å². The van der Waals surface area contributed by atoms with Crippen LogP contribution in [-0.2, 0) is 14.1 Å². The highest BCUT2D eigenvalue weighted by molar-refractivity contribution is 5.81. The number of rotatable bonds is 0. The van der Waals surface area contributed by atoms with Gasteiger partial charge in [-0.05, 0) is 12.1 Å². The maximum atomic E-state index is 4.64. The second kappa shape index (κ2) is 4.72. The van der Waals surface area contributed by atoms with Crippen LogP contribution in [0.5, 0.6) is 0 Å². The van der Waals surface area contributed by atoms with E-state index >= 15 is 0 Å². The Balaban J connectivity index is 0.000000574. The minimum absolute atomic E-state index is 0.929. The van der Waals surface area contributed by atoms with Crippen molar-refractivity contribution in [3.8, 4) is 0 Å². The summed E-state index contributed by atoms with van der Waals surface area (Å²) >= 11 is 0. The standard InChI is InChI=1S/C12H13N4.C2H6/c1-8-15(2)11-12(16(8)3)14-10-7-5-4-6-9(10)13-11;1-2/h4-7H,1-3H3;1-2H3/q+1;. The Morgan fingerprint density at radius 1 is 1.06 bits per heavy atom. The van der Waals surface area contributed by atoms with Crippen molar-refractivity contribution in [1.82, 2.24) is 14.5 Å². The Hall–Kier alpha value is -1.97. The van der Waals surface area contributed by atoms with Gasteiger partial charge in [-0.3, -0.25) is 0 Å². The lowest BCUT2D eigenvalue weighted by Gasteiger charge is -1.92. The molecule has 18 heavy (non-hydrogen) atoms. The maximum absolute atomic E-state index is 4.64. The van der Waals surface area contributed by atoms with Crippen LogP contribution in [0, 0.1) is 6.92 Å². The highest BCUT2D eigenvalue weighted by Crippen LogP contribution is 2.14. The van der Waals surface area contributed by atoms with Crippen molar-refractivity contribution in [2.75, 3.05) is 0 Å². The van der Waals surface area contributed by atoms with Gasteiger partial charge in [0, 0.05) is 6.92 Å². The summed E-state index contributed by atoms with van der Waals surface area (Å²) in [5.41, 5.74) is 3.74. The van der Waals surface area contributed by atoms with Crippen molar-refractivity contribution in [3.05, 3.63) is 30.1 Å². The molecule has 4 nitrogen and oxygen atoms in total. The molecule has 0 saturated carbocycles. The van der Waals surface area contributed by atoms with Gasteiger partial charge < -0.3 is 0 Å². The van der Waals surface area contributed by atoms with Gasteiger partial charge >= 0.3 is 5.65 Å². The molecular formula is C14H19N4+. The molecule has 4 heteroatoms. The number of benzene rings is 1. The van der Waals surface area contributed by atoms with Crippen molar-refractivity contribution in [2.45, 2.75) is 20.8 Å². The molecule has 0 bridgehead atoms. The largest absolute Gasteiger partial charge is 0.322 e. The van der Waals surface area contributed by atoms with Crippen molar-refractivity contribution >= 4 is 22.3 Å². The van der Waals surface area contributed by atoms with Crippen LogP contribution in [0.1, 0.15) is 19.7 Å². The second-order valence-corrected chi connectivity index (χ2v) is 4.02. The van der Waals surface area contributed by atoms with E-state index in [-0.39, 0.29) is 0 Å². The highest BCUT2D eigenvalue weighted by Gasteiger charge is 2.19. The zero-order chi connectivity index (χ0) is 13.3. The predicted molar refractivity (Wildman–Crippen MR) is 73.3 cm³/mol. The molecule has 0 aliphatic rings. The molecule has 0 fully saturated rings. The second-order valence-electron chi connectivity index (χ2n) is 4.02. The molecule has 0 saturated heterocycles. The average molecular weight is 243 g/mol. The van der Waals surface area contributed by atoms with E-state index in [1.807, 2.05) is 52.2 Å². The zero-order valence-corrected chi connectivity index (χ0v) is 11.6. The molecule has 0 radical (unpaired) electrons. The van der Waals surface area contributed by atoms with Crippen LogP contribution >= 0.6 is 0 Å². The Bertz CT molecular complexity index is 639. The summed E-state index contributed by atoms with van der Waals surface area (Å²) in [6.07, 6.45) is 0. The minimum atomic E-state index is 0.929. The zero-order valence-electron chi connectivity index (χ0n) is 11.6. The Labute approximate surface area is 107 Å². The molecule has 94 valence electrons. The summed E-state index contributed by atoms with van der Waals surface area (Å²) in [6, 6.07) is 7.95. The summed E-state index contributed by atoms with van der Waals surface area (Å²) in [5, 5.41) is 0. The third-order valence-electron chi connectivity index (χ3n) is 3.14. The molecule has 0 spiro atoms. The number of hydrogen-bond donors (Lipinski definition) is 0. The Morgan fingerprint density at radius 3 is 2.22 bits per heavy atom. The van der Waals surface area contributed by atoms with Gasteiger partial charge in [-0.15, -0.1) is 0 Å². The molecule has 0 atom stereocenters. The van der Waals surface area contributed by atoms with E-state index in [0.717, 1.165) is 28.2 Å². The van der Waals surface area contributed by atoms with Gasteiger partial charge in [0.05, 0.1) is 14.1 Å². The fourth-order valence-corrected chi connectivity index (χ4v) is 1.96. The predicted octanol–water partition coefficient (Wildman–Crippen LogP) is 2.28. The molecule has 2 aromatic heterocycles. The van der Waals surface area contributed by atoms with E-state index in [1.54, 1.807) is 0 Å². The van der Waals surface area contributed by atoms with Crippen LogP contribution in [-0.4, -0.2) is 14.5 Å². The molecule has 0 aliphatic heterocycles. The smallest absolute Gasteiger partial charge is 0.245 e. The monoisotopic (exact) mass is 243 g/mol. The molecule has 0 N–H and O–H groups in total.